The number of fused-ring (bicyclic) bond motifs is 1. The van der Waals surface area contributed by atoms with Gasteiger partial charge in [0.2, 0.25) is 0 Å². The van der Waals surface area contributed by atoms with E-state index in [9.17, 15) is 21.6 Å². The van der Waals surface area contributed by atoms with Crippen LogP contribution in [0.25, 0.3) is 0 Å². The molecule has 1 aliphatic rings. The van der Waals surface area contributed by atoms with Crippen LogP contribution in [-0.2, 0) is 9.84 Å². The van der Waals surface area contributed by atoms with Crippen molar-refractivity contribution in [2.45, 2.75) is 24.3 Å². The summed E-state index contributed by atoms with van der Waals surface area (Å²) >= 11 is 0. The Kier molecular flexibility index (Phi) is 5.70. The molecular weight excluding hydrogens is 403 g/mol. The van der Waals surface area contributed by atoms with Crippen molar-refractivity contribution < 1.29 is 21.6 Å². The maximum Gasteiger partial charge on any atom is 0.501 e. The van der Waals surface area contributed by atoms with Crippen molar-refractivity contribution in [3.8, 4) is 0 Å². The third kappa shape index (κ3) is 3.87. The molecule has 0 saturated heterocycles. The second-order valence-corrected chi connectivity index (χ2v) is 8.17. The molecule has 9 heteroatoms. The summed E-state index contributed by atoms with van der Waals surface area (Å²) in [7, 11) is -5.42. The monoisotopic (exact) mass is 423 g/mol. The average molecular weight is 423 g/mol. The number of aliphatic imine (C=N–C) groups is 1. The fraction of sp³-hybridized carbons (Fsp3) is 0.250. The highest BCUT2D eigenvalue weighted by Gasteiger charge is 2.47. The molecule has 0 atom stereocenters. The first-order valence-electron chi connectivity index (χ1n) is 9.00. The highest BCUT2D eigenvalue weighted by Crippen LogP contribution is 2.43. The number of halogens is 3. The normalized spacial score (nSPS) is 16.1. The number of anilines is 2. The predicted molar refractivity (Wildman–Crippen MR) is 108 cm³/mol. The van der Waals surface area contributed by atoms with Crippen LogP contribution in [0.5, 0.6) is 0 Å². The maximum atomic E-state index is 13.0. The van der Waals surface area contributed by atoms with Crippen LogP contribution in [0.1, 0.15) is 13.8 Å². The summed E-state index contributed by atoms with van der Waals surface area (Å²) in [6.07, 6.45) is 3.38. The zero-order valence-corrected chi connectivity index (χ0v) is 16.7. The van der Waals surface area contributed by atoms with Gasteiger partial charge in [-0.25, -0.2) is 8.42 Å². The van der Waals surface area contributed by atoms with Gasteiger partial charge < -0.3 is 9.80 Å². The smallest absolute Gasteiger partial charge is 0.326 e. The summed E-state index contributed by atoms with van der Waals surface area (Å²) in [5.41, 5.74) is -3.51. The number of hydrogen-bond donors (Lipinski definition) is 0. The molecule has 0 aliphatic carbocycles. The van der Waals surface area contributed by atoms with E-state index in [1.165, 1.54) is 6.07 Å². The minimum absolute atomic E-state index is 0.416. The molecule has 0 bridgehead atoms. The van der Waals surface area contributed by atoms with Crippen LogP contribution < -0.4 is 9.80 Å². The van der Waals surface area contributed by atoms with Crippen molar-refractivity contribution in [1.29, 1.82) is 0 Å². The van der Waals surface area contributed by atoms with Gasteiger partial charge in [0.05, 0.1) is 22.0 Å². The van der Waals surface area contributed by atoms with Gasteiger partial charge in [-0.1, -0.05) is 18.2 Å². The van der Waals surface area contributed by atoms with Crippen LogP contribution in [0, 0.1) is 0 Å². The number of benzene rings is 2. The molecule has 2 aromatic carbocycles. The van der Waals surface area contributed by atoms with Crippen molar-refractivity contribution >= 4 is 33.1 Å². The minimum Gasteiger partial charge on any atom is -0.326 e. The lowest BCUT2D eigenvalue weighted by Crippen LogP contribution is -2.28. The molecule has 0 spiro atoms. The quantitative estimate of drug-likeness (QED) is 0.643. The molecule has 0 fully saturated rings. The Balaban J connectivity index is 2.03. The van der Waals surface area contributed by atoms with Crippen molar-refractivity contribution in [1.82, 2.24) is 0 Å². The first kappa shape index (κ1) is 20.9. The number of para-hydroxylation sites is 1. The fourth-order valence-corrected chi connectivity index (χ4v) is 3.97. The van der Waals surface area contributed by atoms with Crippen LogP contribution in [0.4, 0.5) is 30.2 Å². The lowest BCUT2D eigenvalue weighted by atomic mass is 10.2. The number of alkyl halides is 3. The van der Waals surface area contributed by atoms with Gasteiger partial charge in [0.15, 0.2) is 0 Å². The van der Waals surface area contributed by atoms with Gasteiger partial charge in [-0.2, -0.15) is 13.2 Å². The number of rotatable bonds is 5. The lowest BCUT2D eigenvalue weighted by Gasteiger charge is -2.22. The number of sulfone groups is 1. The zero-order valence-electron chi connectivity index (χ0n) is 15.9. The number of nitrogens with zero attached hydrogens (tertiary/aromatic N) is 3. The Morgan fingerprint density at radius 3 is 2.17 bits per heavy atom. The SMILES string of the molecule is CCN1/C(=C\C=Nc2ccccc2)N(CC)c2cc(S(=O)(=O)C(F)(F)F)ccc21. The molecule has 1 heterocycles. The zero-order chi connectivity index (χ0) is 21.2. The third-order valence-corrected chi connectivity index (χ3v) is 6.02. The molecule has 0 radical (unpaired) electrons. The van der Waals surface area contributed by atoms with E-state index < -0.39 is 20.2 Å². The van der Waals surface area contributed by atoms with Crippen LogP contribution in [0.2, 0.25) is 0 Å². The molecule has 1 aliphatic heterocycles. The van der Waals surface area contributed by atoms with E-state index in [-0.39, 0.29) is 0 Å². The minimum atomic E-state index is -5.42. The molecule has 3 rings (SSSR count). The number of allylic oxidation sites excluding steroid dienone is 1. The summed E-state index contributed by atoms with van der Waals surface area (Å²) in [6, 6.07) is 12.8. The van der Waals surface area contributed by atoms with E-state index in [2.05, 4.69) is 4.99 Å². The van der Waals surface area contributed by atoms with Crippen LogP contribution >= 0.6 is 0 Å². The van der Waals surface area contributed by atoms with E-state index in [1.54, 1.807) is 17.2 Å². The van der Waals surface area contributed by atoms with Crippen molar-refractivity contribution in [2.75, 3.05) is 22.9 Å². The first-order chi connectivity index (χ1) is 13.7. The van der Waals surface area contributed by atoms with Gasteiger partial charge in [-0.05, 0) is 50.3 Å². The van der Waals surface area contributed by atoms with E-state index in [0.717, 1.165) is 17.8 Å². The van der Waals surface area contributed by atoms with E-state index in [0.29, 0.717) is 30.3 Å². The molecule has 0 aromatic heterocycles. The highest BCUT2D eigenvalue weighted by atomic mass is 32.2. The van der Waals surface area contributed by atoms with Crippen LogP contribution in [0.15, 0.2) is 70.3 Å². The maximum absolute atomic E-state index is 13.0. The van der Waals surface area contributed by atoms with Gasteiger partial charge in [0.25, 0.3) is 9.84 Å². The van der Waals surface area contributed by atoms with Gasteiger partial charge in [0.1, 0.15) is 5.82 Å². The summed E-state index contributed by atoms with van der Waals surface area (Å²) in [5, 5.41) is 0. The molecule has 5 nitrogen and oxygen atoms in total. The van der Waals surface area contributed by atoms with E-state index >= 15 is 0 Å². The summed E-state index contributed by atoms with van der Waals surface area (Å²) in [4.78, 5) is 7.27. The van der Waals surface area contributed by atoms with E-state index in [1.807, 2.05) is 49.1 Å². The Morgan fingerprint density at radius 2 is 1.59 bits per heavy atom. The molecule has 0 saturated carbocycles. The van der Waals surface area contributed by atoms with Gasteiger partial charge >= 0.3 is 5.51 Å². The highest BCUT2D eigenvalue weighted by molar-refractivity contribution is 7.92. The second kappa shape index (κ2) is 7.90. The fourth-order valence-electron chi connectivity index (χ4n) is 3.19. The van der Waals surface area contributed by atoms with Crippen molar-refractivity contribution in [3.63, 3.8) is 0 Å². The third-order valence-electron chi connectivity index (χ3n) is 4.53. The number of hydrogen-bond acceptors (Lipinski definition) is 5. The molecular formula is C20H20F3N3O2S. The summed E-state index contributed by atoms with van der Waals surface area (Å²) < 4.78 is 62.5. The standard InChI is InChI=1S/C20H20F3N3O2S/c1-3-25-17-11-10-16(29(27,28)20(21,22)23)14-18(17)26(4-2)19(25)12-13-24-15-8-6-5-7-9-15/h5-14H,3-4H2,1-2H3/b19-12+,24-13?. The predicted octanol–water partition coefficient (Wildman–Crippen LogP) is 4.89. The Morgan fingerprint density at radius 1 is 0.966 bits per heavy atom. The van der Waals surface area contributed by atoms with Crippen LogP contribution in [-0.4, -0.2) is 33.2 Å². The summed E-state index contributed by atoms with van der Waals surface area (Å²) in [6.45, 7) is 4.76. The Hall–Kier alpha value is -2.81. The molecule has 0 N–H and O–H groups in total. The topological polar surface area (TPSA) is 53.0 Å². The van der Waals surface area contributed by atoms with Gasteiger partial charge in [0, 0.05) is 19.3 Å². The van der Waals surface area contributed by atoms with Crippen molar-refractivity contribution in [3.05, 3.63) is 60.4 Å². The second-order valence-electron chi connectivity index (χ2n) is 6.23. The largest absolute Gasteiger partial charge is 0.501 e. The van der Waals surface area contributed by atoms with Gasteiger partial charge in [-0.15, -0.1) is 0 Å². The van der Waals surface area contributed by atoms with Crippen LogP contribution in [0.3, 0.4) is 0 Å². The Labute approximate surface area is 167 Å². The lowest BCUT2D eigenvalue weighted by molar-refractivity contribution is -0.0435. The molecule has 154 valence electrons. The summed E-state index contributed by atoms with van der Waals surface area (Å²) in [5.74, 6) is 0.714. The van der Waals surface area contributed by atoms with E-state index in [4.69, 9.17) is 0 Å². The molecule has 2 aromatic rings. The first-order valence-corrected chi connectivity index (χ1v) is 10.5. The molecule has 0 amide bonds. The average Bonchev–Trinajstić information content (AvgIpc) is 2.99. The Bertz CT molecular complexity index is 1050. The molecule has 29 heavy (non-hydrogen) atoms. The van der Waals surface area contributed by atoms with Gasteiger partial charge in [-0.3, -0.25) is 4.99 Å². The van der Waals surface area contributed by atoms with Crippen molar-refractivity contribution in [2.24, 2.45) is 4.99 Å². The molecule has 0 unspecified atom stereocenters.